The number of nitrogens with zero attached hydrogens (tertiary/aromatic N) is 1. The van der Waals surface area contributed by atoms with Crippen molar-refractivity contribution in [3.05, 3.63) is 0 Å². The Balaban J connectivity index is 1.92. The normalized spacial score (nSPS) is 25.7. The molecule has 2 aliphatic rings. The van der Waals surface area contributed by atoms with Crippen LogP contribution in [0.4, 0.5) is 4.79 Å². The molecule has 96 valence electrons. The lowest BCUT2D eigenvalue weighted by atomic mass is 10.2. The fraction of sp³-hybridized carbons (Fsp3) is 0.818. The number of carboxylic acids is 1. The lowest BCUT2D eigenvalue weighted by Gasteiger charge is -2.25. The number of likely N-dealkylation sites (tertiary alicyclic amines) is 1. The second kappa shape index (κ2) is 4.91. The number of amides is 2. The van der Waals surface area contributed by atoms with Gasteiger partial charge in [0, 0.05) is 6.54 Å². The number of urea groups is 1. The van der Waals surface area contributed by atoms with Gasteiger partial charge in [-0.05, 0) is 31.6 Å². The van der Waals surface area contributed by atoms with Crippen molar-refractivity contribution in [2.75, 3.05) is 13.2 Å². The van der Waals surface area contributed by atoms with Crippen LogP contribution in [0, 0.1) is 5.92 Å². The third-order valence-corrected chi connectivity index (χ3v) is 3.49. The van der Waals surface area contributed by atoms with Crippen LogP contribution in [-0.2, 0) is 4.79 Å². The fourth-order valence-corrected chi connectivity index (χ4v) is 2.32. The molecule has 1 heterocycles. The number of carbonyl (C=O) groups is 2. The van der Waals surface area contributed by atoms with E-state index in [2.05, 4.69) is 5.32 Å². The van der Waals surface area contributed by atoms with E-state index in [1.165, 1.54) is 0 Å². The van der Waals surface area contributed by atoms with Gasteiger partial charge < -0.3 is 20.4 Å². The van der Waals surface area contributed by atoms with Gasteiger partial charge in [-0.25, -0.2) is 9.59 Å². The largest absolute Gasteiger partial charge is 0.480 e. The SMILES string of the molecule is O=C(O)C(NC(=O)N1CCCC1CO)C1CC1. The van der Waals surface area contributed by atoms with Crippen molar-refractivity contribution in [1.29, 1.82) is 0 Å². The smallest absolute Gasteiger partial charge is 0.326 e. The van der Waals surface area contributed by atoms with Crippen LogP contribution in [0.3, 0.4) is 0 Å². The maximum absolute atomic E-state index is 11.9. The van der Waals surface area contributed by atoms with E-state index in [1.807, 2.05) is 0 Å². The van der Waals surface area contributed by atoms with Crippen molar-refractivity contribution in [3.63, 3.8) is 0 Å². The van der Waals surface area contributed by atoms with Gasteiger partial charge in [-0.15, -0.1) is 0 Å². The Morgan fingerprint density at radius 1 is 1.35 bits per heavy atom. The molecule has 0 aromatic heterocycles. The zero-order chi connectivity index (χ0) is 12.4. The minimum atomic E-state index is -0.972. The molecule has 2 unspecified atom stereocenters. The summed E-state index contributed by atoms with van der Waals surface area (Å²) in [5.74, 6) is -0.896. The number of aliphatic carboxylic acids is 1. The highest BCUT2D eigenvalue weighted by Gasteiger charge is 2.39. The first-order chi connectivity index (χ1) is 8.13. The molecule has 17 heavy (non-hydrogen) atoms. The van der Waals surface area contributed by atoms with E-state index in [0.29, 0.717) is 6.54 Å². The number of aliphatic hydroxyl groups is 1. The van der Waals surface area contributed by atoms with Gasteiger partial charge in [0.25, 0.3) is 0 Å². The summed E-state index contributed by atoms with van der Waals surface area (Å²) < 4.78 is 0. The van der Waals surface area contributed by atoms with Gasteiger partial charge in [0.05, 0.1) is 12.6 Å². The monoisotopic (exact) mass is 242 g/mol. The van der Waals surface area contributed by atoms with E-state index in [-0.39, 0.29) is 24.6 Å². The first-order valence-corrected chi connectivity index (χ1v) is 6.04. The minimum absolute atomic E-state index is 0.0609. The summed E-state index contributed by atoms with van der Waals surface area (Å²) in [6.07, 6.45) is 3.37. The molecule has 0 aromatic rings. The van der Waals surface area contributed by atoms with Crippen molar-refractivity contribution in [2.24, 2.45) is 5.92 Å². The molecule has 2 fully saturated rings. The van der Waals surface area contributed by atoms with E-state index >= 15 is 0 Å². The van der Waals surface area contributed by atoms with Crippen molar-refractivity contribution in [1.82, 2.24) is 10.2 Å². The van der Waals surface area contributed by atoms with E-state index < -0.39 is 12.0 Å². The molecule has 0 spiro atoms. The highest BCUT2D eigenvalue weighted by Crippen LogP contribution is 2.33. The molecule has 6 nitrogen and oxygen atoms in total. The molecular formula is C11H18N2O4. The van der Waals surface area contributed by atoms with Crippen LogP contribution in [0.15, 0.2) is 0 Å². The van der Waals surface area contributed by atoms with Gasteiger partial charge in [0.1, 0.15) is 6.04 Å². The number of nitrogens with one attached hydrogen (secondary N) is 1. The van der Waals surface area contributed by atoms with Crippen molar-refractivity contribution < 1.29 is 19.8 Å². The quantitative estimate of drug-likeness (QED) is 0.648. The van der Waals surface area contributed by atoms with Crippen molar-refractivity contribution in [3.8, 4) is 0 Å². The van der Waals surface area contributed by atoms with Crippen molar-refractivity contribution in [2.45, 2.75) is 37.8 Å². The van der Waals surface area contributed by atoms with E-state index in [4.69, 9.17) is 10.2 Å². The summed E-state index contributed by atoms with van der Waals surface area (Å²) in [6, 6.07) is -1.30. The average Bonchev–Trinajstić information content (AvgIpc) is 3.01. The first-order valence-electron chi connectivity index (χ1n) is 6.04. The number of carbonyl (C=O) groups excluding carboxylic acids is 1. The molecule has 1 aliphatic carbocycles. The van der Waals surface area contributed by atoms with E-state index in [9.17, 15) is 9.59 Å². The number of hydrogen-bond acceptors (Lipinski definition) is 3. The number of carboxylic acid groups (broad SMARTS) is 1. The summed E-state index contributed by atoms with van der Waals surface area (Å²) in [4.78, 5) is 24.4. The summed E-state index contributed by atoms with van der Waals surface area (Å²) in [5.41, 5.74) is 0. The molecule has 2 amide bonds. The lowest BCUT2D eigenvalue weighted by molar-refractivity contribution is -0.139. The molecule has 1 aliphatic heterocycles. The zero-order valence-electron chi connectivity index (χ0n) is 9.63. The molecule has 6 heteroatoms. The predicted octanol–water partition coefficient (Wildman–Crippen LogP) is 0.0159. The van der Waals surface area contributed by atoms with Crippen LogP contribution in [0.25, 0.3) is 0 Å². The van der Waals surface area contributed by atoms with Crippen LogP contribution < -0.4 is 5.32 Å². The van der Waals surface area contributed by atoms with Gasteiger partial charge in [0.2, 0.25) is 0 Å². The maximum Gasteiger partial charge on any atom is 0.326 e. The van der Waals surface area contributed by atoms with Gasteiger partial charge in [-0.3, -0.25) is 0 Å². The minimum Gasteiger partial charge on any atom is -0.480 e. The maximum atomic E-state index is 11.9. The number of aliphatic hydroxyl groups excluding tert-OH is 1. The highest BCUT2D eigenvalue weighted by molar-refractivity contribution is 5.83. The second-order valence-corrected chi connectivity index (χ2v) is 4.77. The van der Waals surface area contributed by atoms with Gasteiger partial charge in [-0.2, -0.15) is 0 Å². The average molecular weight is 242 g/mol. The molecule has 2 rings (SSSR count). The Hall–Kier alpha value is -1.30. The summed E-state index contributed by atoms with van der Waals surface area (Å²) in [6.45, 7) is 0.530. The Bertz CT molecular complexity index is 317. The third kappa shape index (κ3) is 2.69. The van der Waals surface area contributed by atoms with Crippen LogP contribution in [0.1, 0.15) is 25.7 Å². The second-order valence-electron chi connectivity index (χ2n) is 4.77. The first kappa shape index (κ1) is 12.2. The van der Waals surface area contributed by atoms with Crippen LogP contribution in [0.2, 0.25) is 0 Å². The Labute approximate surface area is 99.6 Å². The molecular weight excluding hydrogens is 224 g/mol. The molecule has 0 aromatic carbocycles. The predicted molar refractivity (Wildman–Crippen MR) is 59.5 cm³/mol. The molecule has 3 N–H and O–H groups in total. The van der Waals surface area contributed by atoms with Crippen LogP contribution >= 0.6 is 0 Å². The fourth-order valence-electron chi connectivity index (χ4n) is 2.32. The topological polar surface area (TPSA) is 89.9 Å². The van der Waals surface area contributed by atoms with Gasteiger partial charge in [-0.1, -0.05) is 0 Å². The summed E-state index contributed by atoms with van der Waals surface area (Å²) in [7, 11) is 0. The number of rotatable bonds is 4. The van der Waals surface area contributed by atoms with E-state index in [0.717, 1.165) is 25.7 Å². The Morgan fingerprint density at radius 3 is 2.59 bits per heavy atom. The Kier molecular flexibility index (Phi) is 3.51. The summed E-state index contributed by atoms with van der Waals surface area (Å²) >= 11 is 0. The molecule has 1 saturated heterocycles. The molecule has 2 atom stereocenters. The van der Waals surface area contributed by atoms with Crippen LogP contribution in [0.5, 0.6) is 0 Å². The Morgan fingerprint density at radius 2 is 2.06 bits per heavy atom. The highest BCUT2D eigenvalue weighted by atomic mass is 16.4. The molecule has 0 radical (unpaired) electrons. The zero-order valence-corrected chi connectivity index (χ0v) is 9.63. The third-order valence-electron chi connectivity index (χ3n) is 3.49. The van der Waals surface area contributed by atoms with E-state index in [1.54, 1.807) is 4.90 Å². The lowest BCUT2D eigenvalue weighted by Crippen LogP contribution is -2.51. The standard InChI is InChI=1S/C11H18N2O4/c14-6-8-2-1-5-13(8)11(17)12-9(10(15)16)7-3-4-7/h7-9,14H,1-6H2,(H,12,17)(H,15,16). The molecule has 1 saturated carbocycles. The summed E-state index contributed by atoms with van der Waals surface area (Å²) in [5, 5.41) is 20.7. The van der Waals surface area contributed by atoms with Gasteiger partial charge >= 0.3 is 12.0 Å². The van der Waals surface area contributed by atoms with Gasteiger partial charge in [0.15, 0.2) is 0 Å². The number of hydrogen-bond donors (Lipinski definition) is 3. The molecule has 0 bridgehead atoms. The van der Waals surface area contributed by atoms with Crippen molar-refractivity contribution >= 4 is 12.0 Å². The van der Waals surface area contributed by atoms with Crippen LogP contribution in [-0.4, -0.2) is 52.3 Å².